The van der Waals surface area contributed by atoms with Gasteiger partial charge in [-0.15, -0.1) is 0 Å². The Hall–Kier alpha value is -1.13. The van der Waals surface area contributed by atoms with Crippen molar-refractivity contribution in [2.75, 3.05) is 14.1 Å². The van der Waals surface area contributed by atoms with Crippen molar-refractivity contribution in [2.24, 2.45) is 0 Å². The highest BCUT2D eigenvalue weighted by Gasteiger charge is 2.23. The first-order valence-electron chi connectivity index (χ1n) is 4.47. The number of halogens is 1. The van der Waals surface area contributed by atoms with E-state index in [1.54, 1.807) is 37.2 Å². The van der Waals surface area contributed by atoms with Crippen molar-refractivity contribution in [2.45, 2.75) is 6.04 Å². The molecule has 2 nitrogen and oxygen atoms in total. The fourth-order valence-corrected chi connectivity index (χ4v) is 1.58. The predicted octanol–water partition coefficient (Wildman–Crippen LogP) is 2.00. The van der Waals surface area contributed by atoms with Gasteiger partial charge in [0.15, 0.2) is 5.78 Å². The molecule has 0 aromatic heterocycles. The molecule has 0 amide bonds. The first-order valence-corrected chi connectivity index (χ1v) is 4.95. The van der Waals surface area contributed by atoms with Gasteiger partial charge in [-0.1, -0.05) is 30.4 Å². The number of thiocarbonyl (C=S) groups is 1. The summed E-state index contributed by atoms with van der Waals surface area (Å²) in [7, 11) is 3.43. The van der Waals surface area contributed by atoms with E-state index in [0.717, 1.165) is 5.37 Å². The van der Waals surface area contributed by atoms with Crippen molar-refractivity contribution < 1.29 is 9.18 Å². The van der Waals surface area contributed by atoms with Crippen LogP contribution in [0.4, 0.5) is 4.39 Å². The Balaban J connectivity index is 3.16. The summed E-state index contributed by atoms with van der Waals surface area (Å²) in [4.78, 5) is 13.2. The second-order valence-electron chi connectivity index (χ2n) is 3.41. The quantitative estimate of drug-likeness (QED) is 0.731. The molecule has 0 radical (unpaired) electrons. The van der Waals surface area contributed by atoms with E-state index < -0.39 is 6.04 Å². The van der Waals surface area contributed by atoms with Crippen molar-refractivity contribution in [3.8, 4) is 0 Å². The van der Waals surface area contributed by atoms with Crippen LogP contribution in [0.2, 0.25) is 0 Å². The minimum Gasteiger partial charge on any atom is -0.296 e. The Labute approximate surface area is 93.7 Å². The predicted molar refractivity (Wildman–Crippen MR) is 61.5 cm³/mol. The van der Waals surface area contributed by atoms with Crippen LogP contribution in [0.5, 0.6) is 0 Å². The number of rotatable bonds is 4. The topological polar surface area (TPSA) is 20.3 Å². The molecular weight excluding hydrogens is 213 g/mol. The number of likely N-dealkylation sites (N-methyl/N-ethyl adjacent to an activating group) is 1. The second kappa shape index (κ2) is 5.09. The summed E-state index contributed by atoms with van der Waals surface area (Å²) in [6.45, 7) is 0. The van der Waals surface area contributed by atoms with E-state index in [4.69, 9.17) is 0 Å². The number of hydrogen-bond donors (Lipinski definition) is 0. The Morgan fingerprint density at radius 1 is 1.47 bits per heavy atom. The molecule has 0 fully saturated rings. The Kier molecular flexibility index (Phi) is 4.05. The lowest BCUT2D eigenvalue weighted by molar-refractivity contribution is -0.116. The lowest BCUT2D eigenvalue weighted by Crippen LogP contribution is -2.28. The molecule has 0 N–H and O–H groups in total. The van der Waals surface area contributed by atoms with E-state index in [-0.39, 0.29) is 11.6 Å². The third-order valence-electron chi connectivity index (χ3n) is 2.10. The fourth-order valence-electron chi connectivity index (χ4n) is 1.45. The minimum absolute atomic E-state index is 0.278. The lowest BCUT2D eigenvalue weighted by atomic mass is 10.0. The average Bonchev–Trinajstić information content (AvgIpc) is 2.20. The van der Waals surface area contributed by atoms with Crippen molar-refractivity contribution in [1.82, 2.24) is 4.90 Å². The number of hydrogen-bond acceptors (Lipinski definition) is 3. The molecule has 0 aliphatic rings. The summed E-state index contributed by atoms with van der Waals surface area (Å²) in [6.07, 6.45) is 0. The summed E-state index contributed by atoms with van der Waals surface area (Å²) in [6, 6.07) is 5.59. The summed E-state index contributed by atoms with van der Waals surface area (Å²) < 4.78 is 13.5. The Morgan fingerprint density at radius 3 is 2.53 bits per heavy atom. The third-order valence-corrected chi connectivity index (χ3v) is 2.33. The first-order chi connectivity index (χ1) is 7.07. The van der Waals surface area contributed by atoms with E-state index in [0.29, 0.717) is 5.56 Å². The van der Waals surface area contributed by atoms with Crippen molar-refractivity contribution in [1.29, 1.82) is 0 Å². The van der Waals surface area contributed by atoms with Gasteiger partial charge in [-0.25, -0.2) is 4.39 Å². The van der Waals surface area contributed by atoms with Gasteiger partial charge in [0.2, 0.25) is 0 Å². The molecular formula is C11H12FNOS. The maximum absolute atomic E-state index is 13.5. The standard InChI is InChI=1S/C11H12FNOS/c1-13(2)11(10(14)7-15)8-5-3-4-6-9(8)12/h3-7,11H,1-2H3/t11-/m0/s1. The van der Waals surface area contributed by atoms with Gasteiger partial charge in [0.25, 0.3) is 0 Å². The number of nitrogens with zero attached hydrogens (tertiary/aromatic N) is 1. The van der Waals surface area contributed by atoms with E-state index in [2.05, 4.69) is 12.2 Å². The molecule has 4 heteroatoms. The summed E-state index contributed by atoms with van der Waals surface area (Å²) in [5.74, 6) is -0.665. The van der Waals surface area contributed by atoms with E-state index >= 15 is 0 Å². The van der Waals surface area contributed by atoms with Gasteiger partial charge in [-0.2, -0.15) is 0 Å². The van der Waals surface area contributed by atoms with E-state index in [9.17, 15) is 9.18 Å². The number of ketones is 1. The molecule has 1 aromatic rings. The minimum atomic E-state index is -0.635. The maximum atomic E-state index is 13.5. The van der Waals surface area contributed by atoms with Crippen LogP contribution in [0.3, 0.4) is 0 Å². The average molecular weight is 225 g/mol. The van der Waals surface area contributed by atoms with Crippen LogP contribution in [-0.2, 0) is 4.79 Å². The molecule has 1 atom stereocenters. The molecule has 0 bridgehead atoms. The summed E-state index contributed by atoms with van der Waals surface area (Å²) in [5.41, 5.74) is 0.355. The monoisotopic (exact) mass is 225 g/mol. The maximum Gasteiger partial charge on any atom is 0.188 e. The van der Waals surface area contributed by atoms with Crippen molar-refractivity contribution >= 4 is 23.4 Å². The summed E-state index contributed by atoms with van der Waals surface area (Å²) >= 11 is 4.59. The zero-order valence-corrected chi connectivity index (χ0v) is 9.42. The molecule has 0 aliphatic carbocycles. The number of carbonyl (C=O) groups excluding carboxylic acids is 1. The number of Topliss-reactive ketones (excluding diaryl/α,β-unsaturated/α-hetero) is 1. The first kappa shape index (κ1) is 11.9. The molecule has 1 aromatic carbocycles. The fraction of sp³-hybridized carbons (Fsp3) is 0.273. The number of benzene rings is 1. The van der Waals surface area contributed by atoms with Crippen LogP contribution in [0, 0.1) is 5.82 Å². The normalized spacial score (nSPS) is 12.5. The molecule has 0 unspecified atom stereocenters. The van der Waals surface area contributed by atoms with Gasteiger partial charge in [-0.05, 0) is 20.2 Å². The second-order valence-corrected chi connectivity index (χ2v) is 3.64. The molecule has 0 heterocycles. The molecule has 0 saturated heterocycles. The van der Waals surface area contributed by atoms with Crippen LogP contribution in [0.15, 0.2) is 24.3 Å². The van der Waals surface area contributed by atoms with Gasteiger partial charge in [0, 0.05) is 10.9 Å². The molecule has 0 saturated carbocycles. The largest absolute Gasteiger partial charge is 0.296 e. The highest BCUT2D eigenvalue weighted by molar-refractivity contribution is 7.80. The van der Waals surface area contributed by atoms with Gasteiger partial charge in [0.05, 0.1) is 0 Å². The van der Waals surface area contributed by atoms with E-state index in [1.807, 2.05) is 0 Å². The lowest BCUT2D eigenvalue weighted by Gasteiger charge is -2.22. The molecule has 1 rings (SSSR count). The Morgan fingerprint density at radius 2 is 2.07 bits per heavy atom. The zero-order valence-electron chi connectivity index (χ0n) is 8.61. The van der Waals surface area contributed by atoms with Gasteiger partial charge in [-0.3, -0.25) is 9.69 Å². The van der Waals surface area contributed by atoms with Gasteiger partial charge < -0.3 is 0 Å². The third kappa shape index (κ3) is 2.67. The molecule has 80 valence electrons. The highest BCUT2D eigenvalue weighted by atomic mass is 32.1. The van der Waals surface area contributed by atoms with Crippen LogP contribution < -0.4 is 0 Å². The van der Waals surface area contributed by atoms with Gasteiger partial charge in [0.1, 0.15) is 11.9 Å². The zero-order chi connectivity index (χ0) is 11.4. The van der Waals surface area contributed by atoms with Crippen molar-refractivity contribution in [3.05, 3.63) is 35.6 Å². The highest BCUT2D eigenvalue weighted by Crippen LogP contribution is 2.21. The Bertz CT molecular complexity index is 379. The van der Waals surface area contributed by atoms with Crippen LogP contribution in [0.1, 0.15) is 11.6 Å². The molecule has 15 heavy (non-hydrogen) atoms. The van der Waals surface area contributed by atoms with E-state index in [1.165, 1.54) is 6.07 Å². The van der Waals surface area contributed by atoms with Gasteiger partial charge >= 0.3 is 0 Å². The summed E-state index contributed by atoms with van der Waals surface area (Å²) in [5, 5.41) is 1.05. The van der Waals surface area contributed by atoms with Crippen LogP contribution in [0.25, 0.3) is 0 Å². The van der Waals surface area contributed by atoms with Crippen LogP contribution >= 0.6 is 12.2 Å². The van der Waals surface area contributed by atoms with Crippen molar-refractivity contribution in [3.63, 3.8) is 0 Å². The number of carbonyl (C=O) groups is 1. The molecule has 0 spiro atoms. The molecule has 0 aliphatic heterocycles. The SMILES string of the molecule is CN(C)[C@H](C(=O)C=S)c1ccccc1F. The van der Waals surface area contributed by atoms with Crippen LogP contribution in [-0.4, -0.2) is 30.1 Å². The smallest absolute Gasteiger partial charge is 0.188 e.